The first-order valence-electron chi connectivity index (χ1n) is 13.8. The third-order valence-corrected chi connectivity index (χ3v) is 9.87. The Morgan fingerprint density at radius 3 is 2.43 bits per heavy atom. The van der Waals surface area contributed by atoms with E-state index in [2.05, 4.69) is 36.0 Å². The maximum absolute atomic E-state index is 12.1. The molecule has 3 atom stereocenters. The van der Waals surface area contributed by atoms with Gasteiger partial charge in [-0.3, -0.25) is 9.69 Å². The second-order valence-electron chi connectivity index (χ2n) is 10.3. The summed E-state index contributed by atoms with van der Waals surface area (Å²) in [7, 11) is -4.25. The summed E-state index contributed by atoms with van der Waals surface area (Å²) in [6, 6.07) is 0.101. The second kappa shape index (κ2) is 21.4. The number of rotatable bonds is 15. The first kappa shape index (κ1) is 41.6. The van der Waals surface area contributed by atoms with Gasteiger partial charge in [-0.25, -0.2) is 8.42 Å². The van der Waals surface area contributed by atoms with Gasteiger partial charge in [0.2, 0.25) is 5.91 Å². The number of carbonyl (C=O) groups is 2. The molecule has 0 spiro atoms. The summed E-state index contributed by atoms with van der Waals surface area (Å²) < 4.78 is 33.5. The van der Waals surface area contributed by atoms with E-state index < -0.39 is 21.8 Å². The number of nitrogens with one attached hydrogen (secondary N) is 2. The summed E-state index contributed by atoms with van der Waals surface area (Å²) in [6.45, 7) is 4.28. The molecule has 1 aromatic rings. The fraction of sp³-hybridized carbons (Fsp3) is 0.833. The van der Waals surface area contributed by atoms with Gasteiger partial charge in [0, 0.05) is 37.6 Å². The molecule has 2 fully saturated rings. The maximum Gasteiger partial charge on any atom is 1.00 e. The van der Waals surface area contributed by atoms with Crippen LogP contribution in [0.3, 0.4) is 0 Å². The summed E-state index contributed by atoms with van der Waals surface area (Å²) >= 11 is 2.98. The molecule has 13 nitrogen and oxygen atoms in total. The number of hydrogen-bond acceptors (Lipinski definition) is 14. The smallest absolute Gasteiger partial charge is 0.748 e. The molecule has 42 heavy (non-hydrogen) atoms. The van der Waals surface area contributed by atoms with Crippen molar-refractivity contribution in [2.24, 2.45) is 10.2 Å². The van der Waals surface area contributed by atoms with Crippen molar-refractivity contribution in [3.05, 3.63) is 0 Å². The van der Waals surface area contributed by atoms with Crippen LogP contribution in [-0.2, 0) is 19.7 Å². The van der Waals surface area contributed by atoms with E-state index in [1.165, 1.54) is 18.3 Å². The van der Waals surface area contributed by atoms with E-state index in [0.717, 1.165) is 42.2 Å². The van der Waals surface area contributed by atoms with Gasteiger partial charge in [0.15, 0.2) is 4.34 Å². The molecule has 3 rings (SSSR count). The minimum Gasteiger partial charge on any atom is -0.748 e. The summed E-state index contributed by atoms with van der Waals surface area (Å²) in [4.78, 5) is 25.6. The van der Waals surface area contributed by atoms with Gasteiger partial charge in [-0.2, -0.15) is 5.11 Å². The van der Waals surface area contributed by atoms with Gasteiger partial charge < -0.3 is 25.1 Å². The van der Waals surface area contributed by atoms with Crippen molar-refractivity contribution in [1.29, 1.82) is 0 Å². The van der Waals surface area contributed by atoms with Gasteiger partial charge in [-0.05, 0) is 70.1 Å². The SMILES string of the molecule is CCSc1nnc(N=NC2CCC(N(CCCC(=O)[O-])C3CCC(NCCS(=O)(=O)[O-])CC3)CC2NC(C)=O)s1.[K+].[K+]. The summed E-state index contributed by atoms with van der Waals surface area (Å²) in [5, 5.41) is 34.9. The molecule has 0 aromatic carbocycles. The maximum atomic E-state index is 12.1. The van der Waals surface area contributed by atoms with E-state index in [4.69, 9.17) is 0 Å². The Balaban J connectivity index is 0.00000441. The van der Waals surface area contributed by atoms with Crippen LogP contribution in [0.2, 0.25) is 0 Å². The van der Waals surface area contributed by atoms with Crippen LogP contribution < -0.4 is 119 Å². The van der Waals surface area contributed by atoms with Crippen molar-refractivity contribution in [2.75, 3.05) is 24.6 Å². The first-order valence-corrected chi connectivity index (χ1v) is 17.2. The predicted molar refractivity (Wildman–Crippen MR) is 149 cm³/mol. The van der Waals surface area contributed by atoms with E-state index >= 15 is 0 Å². The molecule has 2 N–H and O–H groups in total. The fourth-order valence-electron chi connectivity index (χ4n) is 5.61. The van der Waals surface area contributed by atoms with Crippen molar-refractivity contribution in [3.63, 3.8) is 0 Å². The molecule has 0 radical (unpaired) electrons. The Labute approximate surface area is 342 Å². The molecular weight excluding hydrogens is 657 g/mol. The fourth-order valence-corrected chi connectivity index (χ4v) is 7.54. The Bertz CT molecular complexity index is 1110. The zero-order valence-electron chi connectivity index (χ0n) is 25.0. The van der Waals surface area contributed by atoms with Crippen LogP contribution in [0.5, 0.6) is 0 Å². The van der Waals surface area contributed by atoms with Crippen molar-refractivity contribution in [3.8, 4) is 0 Å². The molecule has 0 saturated heterocycles. The standard InChI is InChI=1S/C24H41N7O6S3.2K/c1-3-38-24-30-29-23(39-24)28-27-20-11-10-19(15-21(20)26-16(2)32)31(13-4-5-22(33)34)18-8-6-17(7-9-18)25-12-14-40(35,36)37;;/h17-21,25H,3-15H2,1-2H3,(H,26,32)(H,33,34)(H,35,36,37);;/q;2*+1/p-2. The average Bonchev–Trinajstić information content (AvgIpc) is 3.33. The molecule has 2 saturated carbocycles. The third-order valence-electron chi connectivity index (χ3n) is 7.35. The summed E-state index contributed by atoms with van der Waals surface area (Å²) in [5.41, 5.74) is 0. The minimum atomic E-state index is -4.25. The largest absolute Gasteiger partial charge is 1.00 e. The monoisotopic (exact) mass is 695 g/mol. The predicted octanol–water partition coefficient (Wildman–Crippen LogP) is -4.55. The molecule has 0 bridgehead atoms. The van der Waals surface area contributed by atoms with Gasteiger partial charge in [-0.1, -0.05) is 30.0 Å². The van der Waals surface area contributed by atoms with E-state index in [-0.39, 0.29) is 152 Å². The van der Waals surface area contributed by atoms with Crippen LogP contribution in [0, 0.1) is 0 Å². The normalized spacial score (nSPS) is 24.6. The Kier molecular flexibility index (Phi) is 21.2. The number of amides is 1. The van der Waals surface area contributed by atoms with E-state index in [1.807, 2.05) is 6.92 Å². The average molecular weight is 696 g/mol. The topological polar surface area (TPSA) is 192 Å². The van der Waals surface area contributed by atoms with Crippen LogP contribution in [0.1, 0.15) is 71.6 Å². The zero-order chi connectivity index (χ0) is 29.1. The number of carbonyl (C=O) groups excluding carboxylic acids is 2. The molecule has 18 heteroatoms. The van der Waals surface area contributed by atoms with E-state index in [1.54, 1.807) is 11.8 Å². The molecular formula is C24H39K2N7O6S3. The number of thioether (sulfide) groups is 1. The second-order valence-corrected chi connectivity index (χ2v) is 14.3. The number of aromatic nitrogens is 2. The number of azo groups is 1. The Hall–Kier alpha value is 1.55. The number of nitrogens with zero attached hydrogens (tertiary/aromatic N) is 5. The minimum absolute atomic E-state index is 0. The molecule has 3 unspecified atom stereocenters. The number of hydrogen-bond donors (Lipinski definition) is 2. The zero-order valence-corrected chi connectivity index (χ0v) is 33.7. The first-order chi connectivity index (χ1) is 19.0. The molecule has 1 heterocycles. The van der Waals surface area contributed by atoms with E-state index in [0.29, 0.717) is 30.9 Å². The number of carboxylic acid groups (broad SMARTS) is 1. The van der Waals surface area contributed by atoms with Gasteiger partial charge >= 0.3 is 103 Å². The molecule has 0 aliphatic heterocycles. The summed E-state index contributed by atoms with van der Waals surface area (Å²) in [5.74, 6) is -0.744. The molecule has 226 valence electrons. The number of carboxylic acids is 1. The van der Waals surface area contributed by atoms with Gasteiger partial charge in [0.05, 0.1) is 28.0 Å². The van der Waals surface area contributed by atoms with Crippen LogP contribution in [-0.4, -0.2) is 94.7 Å². The quantitative estimate of drug-likeness (QED) is 0.0777. The molecule has 2 aliphatic carbocycles. The third kappa shape index (κ3) is 15.4. The Morgan fingerprint density at radius 1 is 1.12 bits per heavy atom. The van der Waals surface area contributed by atoms with Crippen LogP contribution in [0.15, 0.2) is 14.6 Å². The van der Waals surface area contributed by atoms with Gasteiger partial charge in [0.25, 0.3) is 5.13 Å². The number of aliphatic carboxylic acids is 1. The Morgan fingerprint density at radius 2 is 1.81 bits per heavy atom. The van der Waals surface area contributed by atoms with Crippen molar-refractivity contribution >= 4 is 50.2 Å². The van der Waals surface area contributed by atoms with Crippen molar-refractivity contribution in [2.45, 2.75) is 106 Å². The van der Waals surface area contributed by atoms with E-state index in [9.17, 15) is 27.7 Å². The van der Waals surface area contributed by atoms with Crippen LogP contribution >= 0.6 is 23.1 Å². The van der Waals surface area contributed by atoms with Gasteiger partial charge in [0.1, 0.15) is 0 Å². The van der Waals surface area contributed by atoms with Crippen LogP contribution in [0.25, 0.3) is 0 Å². The van der Waals surface area contributed by atoms with Crippen molar-refractivity contribution < 1.29 is 130 Å². The van der Waals surface area contributed by atoms with Crippen molar-refractivity contribution in [1.82, 2.24) is 25.7 Å². The molecule has 1 amide bonds. The molecule has 2 aliphatic rings. The summed E-state index contributed by atoms with van der Waals surface area (Å²) in [6.07, 6.45) is 6.07. The van der Waals surface area contributed by atoms with Gasteiger partial charge in [-0.15, -0.1) is 15.3 Å². The van der Waals surface area contributed by atoms with Crippen LogP contribution in [0.4, 0.5) is 5.13 Å². The molecule has 1 aromatic heterocycles.